The summed E-state index contributed by atoms with van der Waals surface area (Å²) in [7, 11) is 0. The molecule has 1 unspecified atom stereocenters. The molecule has 0 radical (unpaired) electrons. The smallest absolute Gasteiger partial charge is 0.243 e. The minimum absolute atomic E-state index is 0.0831. The highest BCUT2D eigenvalue weighted by Gasteiger charge is 2.03. The molecule has 1 aromatic heterocycles. The number of carbonyl (C=O) groups is 1. The van der Waals surface area contributed by atoms with E-state index >= 15 is 0 Å². The lowest BCUT2D eigenvalue weighted by molar-refractivity contribution is -0.117. The van der Waals surface area contributed by atoms with Gasteiger partial charge in [0.05, 0.1) is 6.33 Å². The van der Waals surface area contributed by atoms with Crippen molar-refractivity contribution >= 4 is 5.91 Å². The highest BCUT2D eigenvalue weighted by molar-refractivity contribution is 5.87. The highest BCUT2D eigenvalue weighted by Crippen LogP contribution is 1.91. The molecule has 13 heavy (non-hydrogen) atoms. The van der Waals surface area contributed by atoms with Crippen LogP contribution in [0.2, 0.25) is 0 Å². The van der Waals surface area contributed by atoms with Gasteiger partial charge in [0, 0.05) is 25.0 Å². The number of hydrogen-bond acceptors (Lipinski definition) is 2. The number of carbonyl (C=O) groups excluding carboxylic acids is 1. The molecule has 1 N–H and O–H groups in total. The van der Waals surface area contributed by atoms with E-state index in [1.807, 2.05) is 17.7 Å². The maximum absolute atomic E-state index is 10.9. The molecule has 0 saturated heterocycles. The van der Waals surface area contributed by atoms with E-state index in [1.165, 1.54) is 6.08 Å². The molecule has 1 amide bonds. The average molecular weight is 179 g/mol. The van der Waals surface area contributed by atoms with E-state index in [0.29, 0.717) is 0 Å². The summed E-state index contributed by atoms with van der Waals surface area (Å²) in [5.41, 5.74) is 0. The topological polar surface area (TPSA) is 46.9 Å². The Morgan fingerprint density at radius 1 is 1.85 bits per heavy atom. The number of amides is 1. The molecule has 4 nitrogen and oxygen atoms in total. The molecular weight excluding hydrogens is 166 g/mol. The van der Waals surface area contributed by atoms with Crippen molar-refractivity contribution in [2.75, 3.05) is 0 Å². The summed E-state index contributed by atoms with van der Waals surface area (Å²) < 4.78 is 1.91. The number of rotatable bonds is 4. The third-order valence-electron chi connectivity index (χ3n) is 1.62. The lowest BCUT2D eigenvalue weighted by Crippen LogP contribution is -2.34. The van der Waals surface area contributed by atoms with Crippen LogP contribution in [0.1, 0.15) is 6.92 Å². The van der Waals surface area contributed by atoms with Gasteiger partial charge < -0.3 is 9.88 Å². The fraction of sp³-hybridized carbons (Fsp3) is 0.333. The minimum Gasteiger partial charge on any atom is -0.348 e. The zero-order valence-electron chi connectivity index (χ0n) is 7.60. The number of aromatic nitrogens is 2. The third kappa shape index (κ3) is 3.11. The van der Waals surface area contributed by atoms with Crippen molar-refractivity contribution in [3.05, 3.63) is 31.4 Å². The van der Waals surface area contributed by atoms with E-state index < -0.39 is 0 Å². The Kier molecular flexibility index (Phi) is 3.25. The van der Waals surface area contributed by atoms with Crippen LogP contribution in [0.5, 0.6) is 0 Å². The van der Waals surface area contributed by atoms with Crippen molar-refractivity contribution in [1.82, 2.24) is 14.9 Å². The van der Waals surface area contributed by atoms with Crippen LogP contribution in [0.15, 0.2) is 31.4 Å². The first-order chi connectivity index (χ1) is 6.22. The standard InChI is InChI=1S/C9H13N3O/c1-3-9(13)11-8(2)6-12-5-4-10-7-12/h3-5,7-8H,1,6H2,2H3,(H,11,13). The van der Waals surface area contributed by atoms with Gasteiger partial charge in [0.25, 0.3) is 0 Å². The monoisotopic (exact) mass is 179 g/mol. The number of hydrogen-bond donors (Lipinski definition) is 1. The van der Waals surface area contributed by atoms with Gasteiger partial charge in [0.15, 0.2) is 0 Å². The Hall–Kier alpha value is -1.58. The normalized spacial score (nSPS) is 12.1. The van der Waals surface area contributed by atoms with E-state index in [2.05, 4.69) is 16.9 Å². The summed E-state index contributed by atoms with van der Waals surface area (Å²) in [6.07, 6.45) is 6.56. The van der Waals surface area contributed by atoms with Gasteiger partial charge in [-0.05, 0) is 13.0 Å². The lowest BCUT2D eigenvalue weighted by Gasteiger charge is -2.12. The van der Waals surface area contributed by atoms with Crippen molar-refractivity contribution in [3.8, 4) is 0 Å². The molecule has 4 heteroatoms. The molecular formula is C9H13N3O. The lowest BCUT2D eigenvalue weighted by atomic mass is 10.3. The van der Waals surface area contributed by atoms with Crippen LogP contribution in [0.4, 0.5) is 0 Å². The zero-order valence-corrected chi connectivity index (χ0v) is 7.60. The molecule has 1 atom stereocenters. The second-order valence-corrected chi connectivity index (χ2v) is 2.87. The number of nitrogens with zero attached hydrogens (tertiary/aromatic N) is 2. The van der Waals surface area contributed by atoms with Gasteiger partial charge in [0.1, 0.15) is 0 Å². The van der Waals surface area contributed by atoms with Gasteiger partial charge in [-0.3, -0.25) is 4.79 Å². The van der Waals surface area contributed by atoms with Gasteiger partial charge in [-0.2, -0.15) is 0 Å². The summed E-state index contributed by atoms with van der Waals surface area (Å²) >= 11 is 0. The molecule has 1 rings (SSSR count). The molecule has 0 saturated carbocycles. The first-order valence-electron chi connectivity index (χ1n) is 4.11. The Bertz CT molecular complexity index is 279. The average Bonchev–Trinajstić information content (AvgIpc) is 2.56. The second kappa shape index (κ2) is 4.45. The maximum atomic E-state index is 10.9. The third-order valence-corrected chi connectivity index (χ3v) is 1.62. The largest absolute Gasteiger partial charge is 0.348 e. The van der Waals surface area contributed by atoms with Crippen LogP contribution >= 0.6 is 0 Å². The van der Waals surface area contributed by atoms with Gasteiger partial charge >= 0.3 is 0 Å². The Labute approximate surface area is 77.3 Å². The molecule has 1 aromatic rings. The molecule has 0 spiro atoms. The van der Waals surface area contributed by atoms with E-state index in [0.717, 1.165) is 6.54 Å². The van der Waals surface area contributed by atoms with Gasteiger partial charge in [-0.25, -0.2) is 4.98 Å². The molecule has 0 bridgehead atoms. The molecule has 0 aliphatic carbocycles. The maximum Gasteiger partial charge on any atom is 0.243 e. The van der Waals surface area contributed by atoms with Crippen LogP contribution in [0.3, 0.4) is 0 Å². The summed E-state index contributed by atoms with van der Waals surface area (Å²) in [5, 5.41) is 2.76. The van der Waals surface area contributed by atoms with Crippen LogP contribution < -0.4 is 5.32 Å². The molecule has 0 fully saturated rings. The quantitative estimate of drug-likeness (QED) is 0.687. The van der Waals surface area contributed by atoms with Gasteiger partial charge in [-0.1, -0.05) is 6.58 Å². The predicted molar refractivity (Wildman–Crippen MR) is 50.0 cm³/mol. The molecule has 0 aliphatic rings. The second-order valence-electron chi connectivity index (χ2n) is 2.87. The SMILES string of the molecule is C=CC(=O)NC(C)Cn1ccnc1. The van der Waals surface area contributed by atoms with E-state index in [1.54, 1.807) is 12.5 Å². The van der Waals surface area contributed by atoms with Crippen LogP contribution in [-0.4, -0.2) is 21.5 Å². The van der Waals surface area contributed by atoms with Crippen LogP contribution in [0.25, 0.3) is 0 Å². The first kappa shape index (κ1) is 9.51. The first-order valence-corrected chi connectivity index (χ1v) is 4.11. The van der Waals surface area contributed by atoms with E-state index in [-0.39, 0.29) is 11.9 Å². The van der Waals surface area contributed by atoms with Crippen molar-refractivity contribution in [1.29, 1.82) is 0 Å². The minimum atomic E-state index is -0.146. The molecule has 70 valence electrons. The van der Waals surface area contributed by atoms with Gasteiger partial charge in [-0.15, -0.1) is 0 Å². The summed E-state index contributed by atoms with van der Waals surface area (Å²) in [6, 6.07) is 0.0831. The zero-order chi connectivity index (χ0) is 9.68. The summed E-state index contributed by atoms with van der Waals surface area (Å²) in [5.74, 6) is -0.146. The van der Waals surface area contributed by atoms with Gasteiger partial charge in [0.2, 0.25) is 5.91 Å². The van der Waals surface area contributed by atoms with Crippen molar-refractivity contribution in [2.24, 2.45) is 0 Å². The number of nitrogens with one attached hydrogen (secondary N) is 1. The van der Waals surface area contributed by atoms with Crippen LogP contribution in [0, 0.1) is 0 Å². The molecule has 0 aliphatic heterocycles. The molecule has 1 heterocycles. The van der Waals surface area contributed by atoms with Crippen molar-refractivity contribution in [2.45, 2.75) is 19.5 Å². The van der Waals surface area contributed by atoms with Crippen LogP contribution in [-0.2, 0) is 11.3 Å². The molecule has 0 aromatic carbocycles. The van der Waals surface area contributed by atoms with E-state index in [9.17, 15) is 4.79 Å². The number of imidazole rings is 1. The Balaban J connectivity index is 2.37. The fourth-order valence-corrected chi connectivity index (χ4v) is 1.06. The van der Waals surface area contributed by atoms with E-state index in [4.69, 9.17) is 0 Å². The summed E-state index contributed by atoms with van der Waals surface area (Å²) in [4.78, 5) is 14.8. The Morgan fingerprint density at radius 2 is 2.62 bits per heavy atom. The van der Waals surface area contributed by atoms with Crippen molar-refractivity contribution < 1.29 is 4.79 Å². The Morgan fingerprint density at radius 3 is 3.15 bits per heavy atom. The van der Waals surface area contributed by atoms with Crippen molar-refractivity contribution in [3.63, 3.8) is 0 Å². The highest BCUT2D eigenvalue weighted by atomic mass is 16.1. The predicted octanol–water partition coefficient (Wildman–Crippen LogP) is 0.574. The fourth-order valence-electron chi connectivity index (χ4n) is 1.06. The summed E-state index contributed by atoms with van der Waals surface area (Å²) in [6.45, 7) is 6.03.